The number of aromatic nitrogens is 1. The maximum absolute atomic E-state index is 12.5. The number of hydrogen-bond acceptors (Lipinski definition) is 4. The third-order valence-corrected chi connectivity index (χ3v) is 3.90. The van der Waals surface area contributed by atoms with Crippen LogP contribution in [0.4, 0.5) is 19.0 Å². The second kappa shape index (κ2) is 11.4. The Morgan fingerprint density at radius 1 is 1.37 bits per heavy atom. The van der Waals surface area contributed by atoms with E-state index in [4.69, 9.17) is 16.3 Å². The highest BCUT2D eigenvalue weighted by Crippen LogP contribution is 2.28. The monoisotopic (exact) mass is 445 g/mol. The number of carbonyl (C=O) groups is 2. The first kappa shape index (κ1) is 25.2. The van der Waals surface area contributed by atoms with E-state index < -0.39 is 17.7 Å². The molecular formula is C20H23ClF3N3O3. The van der Waals surface area contributed by atoms with Crippen LogP contribution in [0, 0.1) is 5.92 Å². The molecule has 30 heavy (non-hydrogen) atoms. The predicted molar refractivity (Wildman–Crippen MR) is 109 cm³/mol. The molecule has 0 saturated carbocycles. The third-order valence-electron chi connectivity index (χ3n) is 3.61. The van der Waals surface area contributed by atoms with Crippen LogP contribution in [0.25, 0.3) is 0 Å². The molecule has 0 bridgehead atoms. The number of nitrogens with zero attached hydrogens (tertiary/aromatic N) is 1. The number of rotatable bonds is 9. The van der Waals surface area contributed by atoms with Gasteiger partial charge >= 0.3 is 6.18 Å². The molecule has 10 heteroatoms. The zero-order valence-electron chi connectivity index (χ0n) is 16.8. The fourth-order valence-electron chi connectivity index (χ4n) is 1.93. The normalized spacial score (nSPS) is 12.5. The van der Waals surface area contributed by atoms with E-state index in [2.05, 4.69) is 22.2 Å². The van der Waals surface area contributed by atoms with Crippen molar-refractivity contribution in [3.05, 3.63) is 59.0 Å². The van der Waals surface area contributed by atoms with Crippen LogP contribution in [0.2, 0.25) is 0 Å². The van der Waals surface area contributed by atoms with Crippen molar-refractivity contribution < 1.29 is 27.5 Å². The lowest BCUT2D eigenvalue weighted by atomic mass is 10.2. The maximum atomic E-state index is 12.5. The highest BCUT2D eigenvalue weighted by molar-refractivity contribution is 6.31. The minimum absolute atomic E-state index is 0.0268. The van der Waals surface area contributed by atoms with Gasteiger partial charge in [-0.05, 0) is 31.2 Å². The van der Waals surface area contributed by atoms with Crippen molar-refractivity contribution in [2.45, 2.75) is 26.9 Å². The lowest BCUT2D eigenvalue weighted by molar-refractivity contribution is -0.118. The van der Waals surface area contributed by atoms with Crippen molar-refractivity contribution in [1.82, 2.24) is 10.3 Å². The fraction of sp³-hybridized carbons (Fsp3) is 0.350. The standard InChI is InChI=1S/C20H23ClF3N3O3/c1-5-16(15(21)10-13(4)20(22,23)24)30-9-8-26-19(29)14-6-7-25-17(11-14)27-18(28)12(2)3/h5-7,10-12H,4,8-9H2,1-3H3,(H,26,29)(H,25,27,28)/b15-10+,16-5+. The van der Waals surface area contributed by atoms with Gasteiger partial charge in [-0.2, -0.15) is 13.2 Å². The number of amides is 2. The lowest BCUT2D eigenvalue weighted by Crippen LogP contribution is -2.27. The van der Waals surface area contributed by atoms with Crippen molar-refractivity contribution >= 4 is 29.2 Å². The zero-order chi connectivity index (χ0) is 22.9. The first-order valence-corrected chi connectivity index (χ1v) is 9.31. The molecule has 0 fully saturated rings. The number of pyridine rings is 1. The van der Waals surface area contributed by atoms with Gasteiger partial charge in [0.05, 0.1) is 11.6 Å². The molecule has 2 N–H and O–H groups in total. The van der Waals surface area contributed by atoms with Crippen molar-refractivity contribution in [3.63, 3.8) is 0 Å². The van der Waals surface area contributed by atoms with Crippen LogP contribution in [0.3, 0.4) is 0 Å². The Morgan fingerprint density at radius 3 is 2.60 bits per heavy atom. The number of ether oxygens (including phenoxy) is 1. The number of alkyl halides is 3. The van der Waals surface area contributed by atoms with Gasteiger partial charge in [0.1, 0.15) is 18.2 Å². The summed E-state index contributed by atoms with van der Waals surface area (Å²) in [6, 6.07) is 2.90. The van der Waals surface area contributed by atoms with Crippen LogP contribution in [0.5, 0.6) is 0 Å². The first-order chi connectivity index (χ1) is 14.0. The molecule has 0 aromatic carbocycles. The molecule has 2 amide bonds. The highest BCUT2D eigenvalue weighted by atomic mass is 35.5. The summed E-state index contributed by atoms with van der Waals surface area (Å²) in [5.41, 5.74) is -0.837. The number of hydrogen-bond donors (Lipinski definition) is 2. The Bertz CT molecular complexity index is 849. The van der Waals surface area contributed by atoms with Crippen LogP contribution in [-0.2, 0) is 9.53 Å². The van der Waals surface area contributed by atoms with E-state index in [0.717, 1.165) is 0 Å². The van der Waals surface area contributed by atoms with E-state index >= 15 is 0 Å². The largest absolute Gasteiger partial charge is 0.491 e. The Morgan fingerprint density at radius 2 is 2.03 bits per heavy atom. The number of allylic oxidation sites excluding steroid dienone is 4. The van der Waals surface area contributed by atoms with Gasteiger partial charge in [0, 0.05) is 23.3 Å². The molecule has 1 aromatic heterocycles. The van der Waals surface area contributed by atoms with E-state index in [1.807, 2.05) is 0 Å². The Labute approximate surface area is 177 Å². The third kappa shape index (κ3) is 8.28. The van der Waals surface area contributed by atoms with Gasteiger partial charge in [0.25, 0.3) is 5.91 Å². The first-order valence-electron chi connectivity index (χ1n) is 8.93. The van der Waals surface area contributed by atoms with Gasteiger partial charge in [-0.1, -0.05) is 32.0 Å². The van der Waals surface area contributed by atoms with Crippen molar-refractivity contribution in [2.75, 3.05) is 18.5 Å². The molecule has 0 spiro atoms. The fourth-order valence-corrected chi connectivity index (χ4v) is 2.23. The number of nitrogens with one attached hydrogen (secondary N) is 2. The molecule has 0 unspecified atom stereocenters. The van der Waals surface area contributed by atoms with Crippen LogP contribution >= 0.6 is 11.6 Å². The molecule has 1 heterocycles. The van der Waals surface area contributed by atoms with Crippen LogP contribution in [0.1, 0.15) is 31.1 Å². The molecule has 0 saturated heterocycles. The van der Waals surface area contributed by atoms with Gasteiger partial charge in [-0.15, -0.1) is 0 Å². The second-order valence-electron chi connectivity index (χ2n) is 6.35. The summed E-state index contributed by atoms with van der Waals surface area (Å²) in [5, 5.41) is 4.93. The van der Waals surface area contributed by atoms with Crippen molar-refractivity contribution in [2.24, 2.45) is 5.92 Å². The number of anilines is 1. The number of halogens is 4. The van der Waals surface area contributed by atoms with Crippen LogP contribution in [-0.4, -0.2) is 36.1 Å². The lowest BCUT2D eigenvalue weighted by Gasteiger charge is -2.12. The zero-order valence-corrected chi connectivity index (χ0v) is 17.5. The Balaban J connectivity index is 2.59. The molecule has 0 aliphatic carbocycles. The molecule has 0 aliphatic heterocycles. The van der Waals surface area contributed by atoms with Gasteiger partial charge in [0.2, 0.25) is 5.91 Å². The molecule has 6 nitrogen and oxygen atoms in total. The second-order valence-corrected chi connectivity index (χ2v) is 6.75. The van der Waals surface area contributed by atoms with Crippen molar-refractivity contribution in [3.8, 4) is 0 Å². The molecule has 0 atom stereocenters. The smallest absolute Gasteiger partial charge is 0.415 e. The quantitative estimate of drug-likeness (QED) is 0.331. The van der Waals surface area contributed by atoms with E-state index in [0.29, 0.717) is 6.08 Å². The summed E-state index contributed by atoms with van der Waals surface area (Å²) in [7, 11) is 0. The summed E-state index contributed by atoms with van der Waals surface area (Å²) in [5.74, 6) is -0.633. The van der Waals surface area contributed by atoms with Crippen LogP contribution < -0.4 is 10.6 Å². The molecule has 0 aliphatic rings. The van der Waals surface area contributed by atoms with Gasteiger partial charge < -0.3 is 15.4 Å². The van der Waals surface area contributed by atoms with Gasteiger partial charge in [-0.3, -0.25) is 9.59 Å². The Kier molecular flexibility index (Phi) is 9.58. The van der Waals surface area contributed by atoms with E-state index in [1.165, 1.54) is 24.4 Å². The highest BCUT2D eigenvalue weighted by Gasteiger charge is 2.30. The van der Waals surface area contributed by atoms with Gasteiger partial charge in [-0.25, -0.2) is 4.98 Å². The van der Waals surface area contributed by atoms with Gasteiger partial charge in [0.15, 0.2) is 0 Å². The minimum Gasteiger partial charge on any atom is -0.491 e. The molecule has 1 aromatic rings. The minimum atomic E-state index is -4.59. The average Bonchev–Trinajstić information content (AvgIpc) is 2.67. The summed E-state index contributed by atoms with van der Waals surface area (Å²) >= 11 is 5.84. The van der Waals surface area contributed by atoms with E-state index in [9.17, 15) is 22.8 Å². The summed E-state index contributed by atoms with van der Waals surface area (Å²) < 4.78 is 42.9. The average molecular weight is 446 g/mol. The van der Waals surface area contributed by atoms with Crippen LogP contribution in [0.15, 0.2) is 53.4 Å². The molecule has 164 valence electrons. The summed E-state index contributed by atoms with van der Waals surface area (Å²) in [6.07, 6.45) is -1.14. The topological polar surface area (TPSA) is 80.3 Å². The number of carbonyl (C=O) groups excluding carboxylic acids is 2. The Hall–Kier alpha value is -2.81. The molecular weight excluding hydrogens is 423 g/mol. The van der Waals surface area contributed by atoms with E-state index in [-0.39, 0.29) is 47.1 Å². The van der Waals surface area contributed by atoms with Crippen molar-refractivity contribution in [1.29, 1.82) is 0 Å². The SMILES string of the molecule is C=C(/C=C(Cl)\C(=C/C)OCCNC(=O)c1ccnc(NC(=O)C(C)C)c1)C(F)(F)F. The summed E-state index contributed by atoms with van der Waals surface area (Å²) in [6.45, 7) is 7.95. The molecule has 1 rings (SSSR count). The summed E-state index contributed by atoms with van der Waals surface area (Å²) in [4.78, 5) is 27.9. The maximum Gasteiger partial charge on any atom is 0.415 e. The van der Waals surface area contributed by atoms with E-state index in [1.54, 1.807) is 20.8 Å². The molecule has 0 radical (unpaired) electrons. The predicted octanol–water partition coefficient (Wildman–Crippen LogP) is 4.57.